The average Bonchev–Trinajstić information content (AvgIpc) is 2.91. The van der Waals surface area contributed by atoms with Crippen LogP contribution in [0.2, 0.25) is 0 Å². The number of hydrogen-bond donors (Lipinski definition) is 2. The maximum Gasteiger partial charge on any atom is 0.242 e. The van der Waals surface area contributed by atoms with Gasteiger partial charge in [-0.05, 0) is 36.5 Å². The molecule has 1 aromatic rings. The zero-order valence-corrected chi connectivity index (χ0v) is 11.3. The van der Waals surface area contributed by atoms with Crippen molar-refractivity contribution in [3.05, 3.63) is 29.3 Å². The molecular formula is C15H18N2O3. The molecule has 106 valence electrons. The highest BCUT2D eigenvalue weighted by molar-refractivity contribution is 5.90. The van der Waals surface area contributed by atoms with Crippen molar-refractivity contribution in [2.45, 2.75) is 38.3 Å². The molecule has 0 spiro atoms. The molecule has 1 unspecified atom stereocenters. The van der Waals surface area contributed by atoms with E-state index >= 15 is 0 Å². The number of aryl methyl sites for hydroxylation is 1. The minimum Gasteiger partial charge on any atom is -0.493 e. The molecule has 2 heterocycles. The molecule has 2 amide bonds. The second-order valence-electron chi connectivity index (χ2n) is 5.27. The van der Waals surface area contributed by atoms with Crippen LogP contribution in [0.15, 0.2) is 18.2 Å². The van der Waals surface area contributed by atoms with Crippen LogP contribution in [0.5, 0.6) is 5.75 Å². The Morgan fingerprint density at radius 3 is 3.10 bits per heavy atom. The summed E-state index contributed by atoms with van der Waals surface area (Å²) in [5.41, 5.74) is 2.27. The number of fused-ring (bicyclic) bond motifs is 1. The van der Waals surface area contributed by atoms with Crippen LogP contribution in [-0.4, -0.2) is 24.5 Å². The van der Waals surface area contributed by atoms with Gasteiger partial charge >= 0.3 is 0 Å². The Hall–Kier alpha value is -2.04. The van der Waals surface area contributed by atoms with E-state index in [-0.39, 0.29) is 17.9 Å². The first-order valence-electron chi connectivity index (χ1n) is 7.04. The Morgan fingerprint density at radius 1 is 1.40 bits per heavy atom. The minimum atomic E-state index is -0.372. The molecule has 0 radical (unpaired) electrons. The fourth-order valence-electron chi connectivity index (χ4n) is 2.65. The monoisotopic (exact) mass is 274 g/mol. The molecule has 0 aliphatic carbocycles. The molecule has 0 bridgehead atoms. The molecule has 0 saturated carbocycles. The van der Waals surface area contributed by atoms with E-state index in [9.17, 15) is 9.59 Å². The lowest BCUT2D eigenvalue weighted by atomic mass is 10.0. The highest BCUT2D eigenvalue weighted by Crippen LogP contribution is 2.25. The van der Waals surface area contributed by atoms with Crippen LogP contribution in [0.4, 0.5) is 0 Å². The molecule has 1 atom stereocenters. The molecule has 2 aliphatic heterocycles. The van der Waals surface area contributed by atoms with Gasteiger partial charge in [-0.15, -0.1) is 0 Å². The van der Waals surface area contributed by atoms with E-state index in [1.165, 1.54) is 5.56 Å². The molecule has 2 N–H and O–H groups in total. The smallest absolute Gasteiger partial charge is 0.242 e. The number of nitrogens with one attached hydrogen (secondary N) is 2. The van der Waals surface area contributed by atoms with Crippen LogP contribution in [0.25, 0.3) is 0 Å². The first kappa shape index (κ1) is 13.0. The first-order valence-corrected chi connectivity index (χ1v) is 7.04. The summed E-state index contributed by atoms with van der Waals surface area (Å²) in [6, 6.07) is 5.65. The van der Waals surface area contributed by atoms with E-state index in [0.29, 0.717) is 19.4 Å². The van der Waals surface area contributed by atoms with Crippen molar-refractivity contribution >= 4 is 11.8 Å². The van der Waals surface area contributed by atoms with Crippen LogP contribution in [0.1, 0.15) is 30.4 Å². The summed E-state index contributed by atoms with van der Waals surface area (Å²) in [5.74, 6) is 0.801. The van der Waals surface area contributed by atoms with Gasteiger partial charge in [0, 0.05) is 13.0 Å². The maximum absolute atomic E-state index is 11.9. The first-order chi connectivity index (χ1) is 9.72. The Morgan fingerprint density at radius 2 is 2.30 bits per heavy atom. The van der Waals surface area contributed by atoms with Gasteiger partial charge in [0.15, 0.2) is 0 Å². The summed E-state index contributed by atoms with van der Waals surface area (Å²) in [4.78, 5) is 23.0. The zero-order valence-electron chi connectivity index (χ0n) is 11.3. The summed E-state index contributed by atoms with van der Waals surface area (Å²) < 4.78 is 5.56. The van der Waals surface area contributed by atoms with Crippen molar-refractivity contribution in [2.24, 2.45) is 0 Å². The topological polar surface area (TPSA) is 67.4 Å². The number of amides is 2. The number of carbonyl (C=O) groups is 2. The Kier molecular flexibility index (Phi) is 3.58. The van der Waals surface area contributed by atoms with Crippen molar-refractivity contribution in [1.82, 2.24) is 10.6 Å². The molecule has 5 nitrogen and oxygen atoms in total. The number of hydrogen-bond acceptors (Lipinski definition) is 3. The molecule has 5 heteroatoms. The number of rotatable bonds is 3. The molecule has 1 fully saturated rings. The predicted octanol–water partition coefficient (Wildman–Crippen LogP) is 0.906. The van der Waals surface area contributed by atoms with Crippen molar-refractivity contribution in [3.8, 4) is 5.75 Å². The maximum atomic E-state index is 11.9. The summed E-state index contributed by atoms with van der Waals surface area (Å²) in [7, 11) is 0. The average molecular weight is 274 g/mol. The number of benzene rings is 1. The van der Waals surface area contributed by atoms with Gasteiger partial charge in [-0.1, -0.05) is 12.1 Å². The third-order valence-corrected chi connectivity index (χ3v) is 3.75. The van der Waals surface area contributed by atoms with Gasteiger partial charge in [0.25, 0.3) is 0 Å². The third kappa shape index (κ3) is 2.76. The lowest BCUT2D eigenvalue weighted by Crippen LogP contribution is -2.41. The third-order valence-electron chi connectivity index (χ3n) is 3.75. The van der Waals surface area contributed by atoms with Crippen LogP contribution in [0, 0.1) is 0 Å². The highest BCUT2D eigenvalue weighted by atomic mass is 16.5. The van der Waals surface area contributed by atoms with Gasteiger partial charge in [-0.3, -0.25) is 9.59 Å². The summed E-state index contributed by atoms with van der Waals surface area (Å²) in [6.45, 7) is 1.27. The van der Waals surface area contributed by atoms with E-state index in [1.54, 1.807) is 0 Å². The van der Waals surface area contributed by atoms with Crippen molar-refractivity contribution in [2.75, 3.05) is 6.61 Å². The molecule has 3 rings (SSSR count). The van der Waals surface area contributed by atoms with E-state index in [0.717, 1.165) is 30.8 Å². The van der Waals surface area contributed by atoms with Crippen molar-refractivity contribution in [3.63, 3.8) is 0 Å². The largest absolute Gasteiger partial charge is 0.493 e. The van der Waals surface area contributed by atoms with Gasteiger partial charge in [0.1, 0.15) is 11.8 Å². The molecule has 1 aromatic carbocycles. The number of carbonyl (C=O) groups excluding carboxylic acids is 2. The van der Waals surface area contributed by atoms with E-state index in [2.05, 4.69) is 16.7 Å². The van der Waals surface area contributed by atoms with Gasteiger partial charge in [-0.2, -0.15) is 0 Å². The lowest BCUT2D eigenvalue weighted by molar-refractivity contribution is -0.125. The molecular weight excluding hydrogens is 256 g/mol. The molecule has 0 aromatic heterocycles. The summed E-state index contributed by atoms with van der Waals surface area (Å²) in [6.07, 6.45) is 3.09. The van der Waals surface area contributed by atoms with Crippen LogP contribution in [0.3, 0.4) is 0 Å². The second kappa shape index (κ2) is 5.53. The van der Waals surface area contributed by atoms with E-state index in [4.69, 9.17) is 4.74 Å². The normalized spacial score (nSPS) is 20.8. The Labute approximate surface area is 117 Å². The van der Waals surface area contributed by atoms with Crippen molar-refractivity contribution in [1.29, 1.82) is 0 Å². The standard InChI is InChI=1S/C15H18N2O3/c18-14-6-4-12(17-14)15(19)16-9-10-3-5-13-11(8-10)2-1-7-20-13/h3,5,8,12H,1-2,4,6-7,9H2,(H,16,19)(H,17,18). The predicted molar refractivity (Wildman–Crippen MR) is 73.3 cm³/mol. The van der Waals surface area contributed by atoms with Crippen LogP contribution >= 0.6 is 0 Å². The number of ether oxygens (including phenoxy) is 1. The van der Waals surface area contributed by atoms with Crippen molar-refractivity contribution < 1.29 is 14.3 Å². The van der Waals surface area contributed by atoms with Crippen LogP contribution < -0.4 is 15.4 Å². The van der Waals surface area contributed by atoms with Gasteiger partial charge in [0.2, 0.25) is 11.8 Å². The second-order valence-corrected chi connectivity index (χ2v) is 5.27. The van der Waals surface area contributed by atoms with E-state index in [1.807, 2.05) is 12.1 Å². The lowest BCUT2D eigenvalue weighted by Gasteiger charge is -2.18. The summed E-state index contributed by atoms with van der Waals surface area (Å²) in [5, 5.41) is 5.54. The quantitative estimate of drug-likeness (QED) is 0.861. The summed E-state index contributed by atoms with van der Waals surface area (Å²) >= 11 is 0. The zero-order chi connectivity index (χ0) is 13.9. The fraction of sp³-hybridized carbons (Fsp3) is 0.467. The van der Waals surface area contributed by atoms with E-state index < -0.39 is 0 Å². The Bertz CT molecular complexity index is 542. The Balaban J connectivity index is 1.58. The molecule has 2 aliphatic rings. The molecule has 1 saturated heterocycles. The fourth-order valence-corrected chi connectivity index (χ4v) is 2.65. The highest BCUT2D eigenvalue weighted by Gasteiger charge is 2.26. The van der Waals surface area contributed by atoms with Gasteiger partial charge < -0.3 is 15.4 Å². The SMILES string of the molecule is O=C1CCC(C(=O)NCc2ccc3c(c2)CCCO3)N1. The van der Waals surface area contributed by atoms with Gasteiger partial charge in [0.05, 0.1) is 6.61 Å². The van der Waals surface area contributed by atoms with Crippen LogP contribution in [-0.2, 0) is 22.6 Å². The minimum absolute atomic E-state index is 0.0453. The van der Waals surface area contributed by atoms with Gasteiger partial charge in [-0.25, -0.2) is 0 Å². The molecule has 20 heavy (non-hydrogen) atoms.